The highest BCUT2D eigenvalue weighted by Gasteiger charge is 2.64. The molecule has 3 saturated carbocycles. The second-order valence-electron chi connectivity index (χ2n) is 5.76. The predicted molar refractivity (Wildman–Crippen MR) is 50.8 cm³/mol. The first-order valence-corrected chi connectivity index (χ1v) is 5.74. The van der Waals surface area contributed by atoms with Crippen molar-refractivity contribution in [2.24, 2.45) is 29.1 Å². The highest BCUT2D eigenvalue weighted by atomic mass is 14.7. The van der Waals surface area contributed by atoms with Crippen molar-refractivity contribution in [1.29, 1.82) is 0 Å². The Kier molecular flexibility index (Phi) is 1.28. The van der Waals surface area contributed by atoms with E-state index in [1.165, 1.54) is 0 Å². The Labute approximate surface area is 75.7 Å². The van der Waals surface area contributed by atoms with Gasteiger partial charge < -0.3 is 0 Å². The molecule has 3 atom stereocenters. The third kappa shape index (κ3) is 0.701. The van der Waals surface area contributed by atoms with Gasteiger partial charge in [0.15, 0.2) is 0 Å². The molecule has 0 N–H and O–H groups in total. The van der Waals surface area contributed by atoms with Crippen LogP contribution in [0.15, 0.2) is 0 Å². The molecule has 0 heteroatoms. The van der Waals surface area contributed by atoms with Gasteiger partial charge in [-0.05, 0) is 61.2 Å². The summed E-state index contributed by atoms with van der Waals surface area (Å²) >= 11 is 0. The van der Waals surface area contributed by atoms with E-state index in [1.54, 1.807) is 32.1 Å². The maximum atomic E-state index is 2.43. The summed E-state index contributed by atoms with van der Waals surface area (Å²) < 4.78 is 0. The van der Waals surface area contributed by atoms with Gasteiger partial charge in [-0.2, -0.15) is 0 Å². The van der Waals surface area contributed by atoms with Crippen molar-refractivity contribution in [2.75, 3.05) is 0 Å². The number of hydrogen-bond donors (Lipinski definition) is 0. The lowest BCUT2D eigenvalue weighted by Crippen LogP contribution is -2.18. The summed E-state index contributed by atoms with van der Waals surface area (Å²) in [6, 6.07) is 0. The van der Waals surface area contributed by atoms with Gasteiger partial charge in [-0.3, -0.25) is 0 Å². The van der Waals surface area contributed by atoms with E-state index < -0.39 is 0 Å². The lowest BCUT2D eigenvalue weighted by Gasteiger charge is -2.25. The molecule has 3 aliphatic rings. The molecule has 0 saturated heterocycles. The second kappa shape index (κ2) is 2.08. The molecule has 3 rings (SSSR count). The molecule has 0 nitrogen and oxygen atoms in total. The first kappa shape index (κ1) is 7.41. The molecule has 2 bridgehead atoms. The van der Waals surface area contributed by atoms with Gasteiger partial charge in [0.1, 0.15) is 0 Å². The summed E-state index contributed by atoms with van der Waals surface area (Å²) in [7, 11) is 0. The largest absolute Gasteiger partial charge is 0.0625 e. The molecule has 0 aromatic carbocycles. The molecule has 0 amide bonds. The van der Waals surface area contributed by atoms with Crippen molar-refractivity contribution in [2.45, 2.75) is 46.0 Å². The third-order valence-electron chi connectivity index (χ3n) is 5.13. The van der Waals surface area contributed by atoms with Gasteiger partial charge in [-0.1, -0.05) is 13.8 Å². The topological polar surface area (TPSA) is 0 Å². The van der Waals surface area contributed by atoms with E-state index in [4.69, 9.17) is 0 Å². The summed E-state index contributed by atoms with van der Waals surface area (Å²) in [5, 5.41) is 0. The van der Waals surface area contributed by atoms with Crippen molar-refractivity contribution in [3.63, 3.8) is 0 Å². The molecule has 0 aromatic heterocycles. The molecular formula is C12H20. The lowest BCUT2D eigenvalue weighted by molar-refractivity contribution is 0.239. The van der Waals surface area contributed by atoms with Gasteiger partial charge in [0, 0.05) is 0 Å². The van der Waals surface area contributed by atoms with Crippen molar-refractivity contribution in [3.05, 3.63) is 0 Å². The average molecular weight is 164 g/mol. The third-order valence-corrected chi connectivity index (χ3v) is 5.13. The highest BCUT2D eigenvalue weighted by Crippen LogP contribution is 2.73. The first-order valence-electron chi connectivity index (χ1n) is 5.74. The van der Waals surface area contributed by atoms with E-state index >= 15 is 0 Å². The molecule has 12 heavy (non-hydrogen) atoms. The minimum absolute atomic E-state index is 0.926. The van der Waals surface area contributed by atoms with Crippen LogP contribution in [0.25, 0.3) is 0 Å². The van der Waals surface area contributed by atoms with Crippen LogP contribution in [0.2, 0.25) is 0 Å². The Morgan fingerprint density at radius 2 is 1.92 bits per heavy atom. The molecule has 0 heterocycles. The van der Waals surface area contributed by atoms with Crippen LogP contribution in [0, 0.1) is 29.1 Å². The maximum absolute atomic E-state index is 2.43. The van der Waals surface area contributed by atoms with Crippen molar-refractivity contribution < 1.29 is 0 Å². The smallest absolute Gasteiger partial charge is 0.0238 e. The quantitative estimate of drug-likeness (QED) is 0.556. The second-order valence-corrected chi connectivity index (χ2v) is 5.76. The SMILES string of the molecule is CC(C)[C@@H]1C[C@H]2CC[C@@H]1C21CC1. The zero-order valence-electron chi connectivity index (χ0n) is 8.34. The van der Waals surface area contributed by atoms with E-state index in [-0.39, 0.29) is 0 Å². The van der Waals surface area contributed by atoms with E-state index in [9.17, 15) is 0 Å². The van der Waals surface area contributed by atoms with Gasteiger partial charge in [0.25, 0.3) is 0 Å². The maximum Gasteiger partial charge on any atom is -0.0238 e. The standard InChI is InChI=1S/C12H20/c1-8(2)10-7-9-3-4-11(10)12(9)5-6-12/h8-11H,3-7H2,1-2H3/t9-,10+,11+/m1/s1. The Hall–Kier alpha value is 0. The molecule has 3 fully saturated rings. The summed E-state index contributed by atoms with van der Waals surface area (Å²) in [6.45, 7) is 4.86. The van der Waals surface area contributed by atoms with Gasteiger partial charge in [-0.15, -0.1) is 0 Å². The number of rotatable bonds is 1. The van der Waals surface area contributed by atoms with Gasteiger partial charge >= 0.3 is 0 Å². The van der Waals surface area contributed by atoms with Crippen LogP contribution in [0.1, 0.15) is 46.0 Å². The Bertz CT molecular complexity index is 200. The molecule has 1 spiro atoms. The van der Waals surface area contributed by atoms with Crippen LogP contribution in [-0.4, -0.2) is 0 Å². The van der Waals surface area contributed by atoms with Crippen molar-refractivity contribution in [1.82, 2.24) is 0 Å². The van der Waals surface area contributed by atoms with Crippen molar-refractivity contribution in [3.8, 4) is 0 Å². The Balaban J connectivity index is 1.88. The molecular weight excluding hydrogens is 144 g/mol. The van der Waals surface area contributed by atoms with E-state index in [0.717, 1.165) is 29.1 Å². The summed E-state index contributed by atoms with van der Waals surface area (Å²) in [6.07, 6.45) is 7.92. The van der Waals surface area contributed by atoms with Crippen LogP contribution >= 0.6 is 0 Å². The summed E-state index contributed by atoms with van der Waals surface area (Å²) in [5.74, 6) is 4.38. The van der Waals surface area contributed by atoms with Crippen LogP contribution in [0.4, 0.5) is 0 Å². The molecule has 3 aliphatic carbocycles. The van der Waals surface area contributed by atoms with Crippen LogP contribution < -0.4 is 0 Å². The minimum atomic E-state index is 0.926. The zero-order valence-corrected chi connectivity index (χ0v) is 8.34. The van der Waals surface area contributed by atoms with E-state index in [0.29, 0.717) is 0 Å². The van der Waals surface area contributed by atoms with Gasteiger partial charge in [-0.25, -0.2) is 0 Å². The fourth-order valence-electron chi connectivity index (χ4n) is 4.40. The molecule has 0 aromatic rings. The van der Waals surface area contributed by atoms with E-state index in [1.807, 2.05) is 0 Å². The summed E-state index contributed by atoms with van der Waals surface area (Å²) in [4.78, 5) is 0. The normalized spacial score (nSPS) is 47.8. The molecule has 0 radical (unpaired) electrons. The van der Waals surface area contributed by atoms with Crippen LogP contribution in [-0.2, 0) is 0 Å². The fourth-order valence-corrected chi connectivity index (χ4v) is 4.40. The van der Waals surface area contributed by atoms with E-state index in [2.05, 4.69) is 13.8 Å². The zero-order chi connectivity index (χ0) is 8.34. The average Bonchev–Trinajstić information content (AvgIpc) is 2.69. The van der Waals surface area contributed by atoms with Crippen molar-refractivity contribution >= 4 is 0 Å². The predicted octanol–water partition coefficient (Wildman–Crippen LogP) is 3.47. The molecule has 0 aliphatic heterocycles. The van der Waals surface area contributed by atoms with Gasteiger partial charge in [0.05, 0.1) is 0 Å². The molecule has 68 valence electrons. The summed E-state index contributed by atoms with van der Waals surface area (Å²) in [5.41, 5.74) is 0.926. The van der Waals surface area contributed by atoms with Crippen LogP contribution in [0.3, 0.4) is 0 Å². The number of hydrogen-bond acceptors (Lipinski definition) is 0. The fraction of sp³-hybridized carbons (Fsp3) is 1.00. The van der Waals surface area contributed by atoms with Crippen LogP contribution in [0.5, 0.6) is 0 Å². The Morgan fingerprint density at radius 3 is 2.33 bits per heavy atom. The lowest BCUT2D eigenvalue weighted by atomic mass is 9.80. The monoisotopic (exact) mass is 164 g/mol. The highest BCUT2D eigenvalue weighted by molar-refractivity contribution is 5.14. The minimum Gasteiger partial charge on any atom is -0.0625 e. The molecule has 0 unspecified atom stereocenters. The first-order chi connectivity index (χ1) is 5.74. The van der Waals surface area contributed by atoms with Gasteiger partial charge in [0.2, 0.25) is 0 Å². The Morgan fingerprint density at radius 1 is 1.17 bits per heavy atom.